The maximum Gasteiger partial charge on any atom is 0.261 e. The molecule has 0 unspecified atom stereocenters. The number of aryl methyl sites for hydroxylation is 1. The fraction of sp³-hybridized carbons (Fsp3) is 0.368. The van der Waals surface area contributed by atoms with Crippen molar-refractivity contribution >= 4 is 21.4 Å². The molecule has 3 rings (SSSR count). The van der Waals surface area contributed by atoms with Gasteiger partial charge in [-0.25, -0.2) is 8.42 Å². The Morgan fingerprint density at radius 3 is 2.42 bits per heavy atom. The van der Waals surface area contributed by atoms with Crippen LogP contribution in [0.1, 0.15) is 12.5 Å². The van der Waals surface area contributed by atoms with E-state index >= 15 is 0 Å². The third-order valence-corrected chi connectivity index (χ3v) is 5.82. The van der Waals surface area contributed by atoms with Crippen LogP contribution in [0.2, 0.25) is 0 Å². The molecule has 2 aromatic carbocycles. The zero-order valence-corrected chi connectivity index (χ0v) is 15.9. The lowest BCUT2D eigenvalue weighted by atomic mass is 10.1. The van der Waals surface area contributed by atoms with E-state index in [9.17, 15) is 8.42 Å². The molecule has 1 heterocycles. The quantitative estimate of drug-likeness (QED) is 0.840. The number of nitrogens with zero attached hydrogens (tertiary/aromatic N) is 1. The van der Waals surface area contributed by atoms with Gasteiger partial charge in [0.2, 0.25) is 0 Å². The van der Waals surface area contributed by atoms with Crippen molar-refractivity contribution < 1.29 is 17.9 Å². The average Bonchev–Trinajstić information content (AvgIpc) is 2.68. The molecule has 26 heavy (non-hydrogen) atoms. The van der Waals surface area contributed by atoms with Gasteiger partial charge in [-0.2, -0.15) is 0 Å². The first kappa shape index (κ1) is 18.5. The second-order valence-corrected chi connectivity index (χ2v) is 7.76. The zero-order chi connectivity index (χ0) is 18.6. The number of methoxy groups -OCH3 is 1. The van der Waals surface area contributed by atoms with Crippen molar-refractivity contribution in [3.8, 4) is 5.75 Å². The Kier molecular flexibility index (Phi) is 5.68. The number of benzene rings is 2. The highest BCUT2D eigenvalue weighted by Crippen LogP contribution is 2.25. The number of rotatable bonds is 6. The smallest absolute Gasteiger partial charge is 0.261 e. The van der Waals surface area contributed by atoms with Gasteiger partial charge in [-0.05, 0) is 54.4 Å². The molecule has 0 amide bonds. The van der Waals surface area contributed by atoms with Crippen molar-refractivity contribution in [1.29, 1.82) is 0 Å². The summed E-state index contributed by atoms with van der Waals surface area (Å²) >= 11 is 0. The largest absolute Gasteiger partial charge is 0.496 e. The highest BCUT2D eigenvalue weighted by Gasteiger charge is 2.17. The van der Waals surface area contributed by atoms with Crippen LogP contribution in [-0.4, -0.2) is 41.8 Å². The Labute approximate surface area is 154 Å². The van der Waals surface area contributed by atoms with E-state index in [1.807, 2.05) is 19.1 Å². The number of ether oxygens (including phenoxy) is 2. The number of anilines is 2. The minimum Gasteiger partial charge on any atom is -0.496 e. The van der Waals surface area contributed by atoms with Crippen molar-refractivity contribution in [2.45, 2.75) is 18.2 Å². The Bertz CT molecular complexity index is 844. The molecule has 6 nitrogen and oxygen atoms in total. The van der Waals surface area contributed by atoms with Gasteiger partial charge in [0.25, 0.3) is 10.0 Å². The normalized spacial score (nSPS) is 14.9. The SMILES string of the molecule is CCc1cc(S(=O)(=O)Nc2ccc(N3CCOCC3)cc2)ccc1OC. The van der Waals surface area contributed by atoms with Gasteiger partial charge in [0.1, 0.15) is 5.75 Å². The lowest BCUT2D eigenvalue weighted by Crippen LogP contribution is -2.36. The molecule has 140 valence electrons. The van der Waals surface area contributed by atoms with E-state index in [0.29, 0.717) is 31.1 Å². The maximum atomic E-state index is 12.7. The Balaban J connectivity index is 1.76. The number of nitrogens with one attached hydrogen (secondary N) is 1. The third kappa shape index (κ3) is 4.11. The van der Waals surface area contributed by atoms with Crippen LogP contribution in [0.25, 0.3) is 0 Å². The van der Waals surface area contributed by atoms with Crippen LogP contribution >= 0.6 is 0 Å². The molecule has 0 aliphatic carbocycles. The highest BCUT2D eigenvalue weighted by atomic mass is 32.2. The summed E-state index contributed by atoms with van der Waals surface area (Å²) in [6.07, 6.45) is 0.695. The number of hydrogen-bond acceptors (Lipinski definition) is 5. The topological polar surface area (TPSA) is 67.9 Å². The van der Waals surface area contributed by atoms with Gasteiger partial charge in [0, 0.05) is 24.5 Å². The first-order valence-corrected chi connectivity index (χ1v) is 10.1. The van der Waals surface area contributed by atoms with Gasteiger partial charge in [-0.3, -0.25) is 4.72 Å². The predicted molar refractivity (Wildman–Crippen MR) is 103 cm³/mol. The Morgan fingerprint density at radius 1 is 1.12 bits per heavy atom. The van der Waals surface area contributed by atoms with Gasteiger partial charge >= 0.3 is 0 Å². The van der Waals surface area contributed by atoms with Crippen LogP contribution in [0.4, 0.5) is 11.4 Å². The van der Waals surface area contributed by atoms with E-state index in [0.717, 1.165) is 24.3 Å². The Morgan fingerprint density at radius 2 is 1.81 bits per heavy atom. The average molecular weight is 376 g/mol. The fourth-order valence-corrected chi connectivity index (χ4v) is 4.08. The van der Waals surface area contributed by atoms with Gasteiger partial charge in [-0.15, -0.1) is 0 Å². The molecule has 2 aromatic rings. The summed E-state index contributed by atoms with van der Waals surface area (Å²) in [4.78, 5) is 2.45. The van der Waals surface area contributed by atoms with E-state index in [1.165, 1.54) is 0 Å². The summed E-state index contributed by atoms with van der Waals surface area (Å²) < 4.78 is 38.6. The minimum absolute atomic E-state index is 0.229. The summed E-state index contributed by atoms with van der Waals surface area (Å²) in [7, 11) is -2.07. The van der Waals surface area contributed by atoms with Crippen molar-refractivity contribution in [1.82, 2.24) is 0 Å². The van der Waals surface area contributed by atoms with E-state index in [1.54, 1.807) is 37.4 Å². The monoisotopic (exact) mass is 376 g/mol. The molecular weight excluding hydrogens is 352 g/mol. The Hall–Kier alpha value is -2.25. The molecule has 0 bridgehead atoms. The molecule has 0 saturated carbocycles. The highest BCUT2D eigenvalue weighted by molar-refractivity contribution is 7.92. The second-order valence-electron chi connectivity index (χ2n) is 6.08. The third-order valence-electron chi connectivity index (χ3n) is 4.44. The van der Waals surface area contributed by atoms with Crippen molar-refractivity contribution in [2.75, 3.05) is 43.0 Å². The van der Waals surface area contributed by atoms with Crippen LogP contribution in [0.5, 0.6) is 5.75 Å². The van der Waals surface area contributed by atoms with Crippen LogP contribution in [-0.2, 0) is 21.2 Å². The summed E-state index contributed by atoms with van der Waals surface area (Å²) in [6, 6.07) is 12.3. The lowest BCUT2D eigenvalue weighted by Gasteiger charge is -2.28. The van der Waals surface area contributed by atoms with E-state index in [4.69, 9.17) is 9.47 Å². The van der Waals surface area contributed by atoms with Crippen LogP contribution in [0.15, 0.2) is 47.4 Å². The molecule has 1 N–H and O–H groups in total. The zero-order valence-electron chi connectivity index (χ0n) is 15.1. The minimum atomic E-state index is -3.65. The maximum absolute atomic E-state index is 12.7. The lowest BCUT2D eigenvalue weighted by molar-refractivity contribution is 0.122. The van der Waals surface area contributed by atoms with Gasteiger partial charge < -0.3 is 14.4 Å². The molecule has 0 atom stereocenters. The van der Waals surface area contributed by atoms with Crippen molar-refractivity contribution in [3.05, 3.63) is 48.0 Å². The van der Waals surface area contributed by atoms with Crippen LogP contribution in [0.3, 0.4) is 0 Å². The van der Waals surface area contributed by atoms with Crippen molar-refractivity contribution in [3.63, 3.8) is 0 Å². The molecule has 0 aromatic heterocycles. The van der Waals surface area contributed by atoms with Crippen molar-refractivity contribution in [2.24, 2.45) is 0 Å². The summed E-state index contributed by atoms with van der Waals surface area (Å²) in [5.41, 5.74) is 2.46. The molecule has 0 radical (unpaired) electrons. The predicted octanol–water partition coefficient (Wildman–Crippen LogP) is 2.90. The summed E-state index contributed by atoms with van der Waals surface area (Å²) in [5.74, 6) is 0.696. The first-order chi connectivity index (χ1) is 12.5. The molecular formula is C19H24N2O4S. The molecule has 1 aliphatic rings. The van der Waals surface area contributed by atoms with Gasteiger partial charge in [0.05, 0.1) is 25.2 Å². The molecule has 1 fully saturated rings. The second kappa shape index (κ2) is 7.97. The van der Waals surface area contributed by atoms with Crippen LogP contribution < -0.4 is 14.4 Å². The molecule has 0 spiro atoms. The van der Waals surface area contributed by atoms with E-state index < -0.39 is 10.0 Å². The standard InChI is InChI=1S/C19H24N2O4S/c1-3-15-14-18(8-9-19(15)24-2)26(22,23)20-16-4-6-17(7-5-16)21-10-12-25-13-11-21/h4-9,14,20H,3,10-13H2,1-2H3. The fourth-order valence-electron chi connectivity index (χ4n) is 2.97. The summed E-state index contributed by atoms with van der Waals surface area (Å²) in [5, 5.41) is 0. The van der Waals surface area contributed by atoms with Gasteiger partial charge in [0.15, 0.2) is 0 Å². The number of morpholine rings is 1. The van der Waals surface area contributed by atoms with E-state index in [-0.39, 0.29) is 4.90 Å². The molecule has 1 saturated heterocycles. The number of hydrogen-bond donors (Lipinski definition) is 1. The molecule has 7 heteroatoms. The van der Waals surface area contributed by atoms with Gasteiger partial charge in [-0.1, -0.05) is 6.92 Å². The van der Waals surface area contributed by atoms with Crippen LogP contribution in [0, 0.1) is 0 Å². The first-order valence-electron chi connectivity index (χ1n) is 8.66. The number of sulfonamides is 1. The molecule has 1 aliphatic heterocycles. The van der Waals surface area contributed by atoms with E-state index in [2.05, 4.69) is 9.62 Å². The summed E-state index contributed by atoms with van der Waals surface area (Å²) in [6.45, 7) is 5.08.